The Kier molecular flexibility index (Phi) is 4.20. The van der Waals surface area contributed by atoms with Crippen LogP contribution in [0.25, 0.3) is 0 Å². The molecule has 0 radical (unpaired) electrons. The SMILES string of the molecule is CCOc1cc(N)cc(C(=O)N(C)c2cccnc2)c1. The van der Waals surface area contributed by atoms with Crippen LogP contribution in [0, 0.1) is 0 Å². The first kappa shape index (κ1) is 13.9. The molecule has 0 spiro atoms. The molecule has 0 unspecified atom stereocenters. The fourth-order valence-corrected chi connectivity index (χ4v) is 1.86. The molecule has 1 amide bonds. The number of benzene rings is 1. The molecule has 0 bridgehead atoms. The number of ether oxygens (including phenoxy) is 1. The van der Waals surface area contributed by atoms with Crippen molar-refractivity contribution in [2.24, 2.45) is 0 Å². The van der Waals surface area contributed by atoms with E-state index in [4.69, 9.17) is 10.5 Å². The highest BCUT2D eigenvalue weighted by molar-refractivity contribution is 6.06. The fraction of sp³-hybridized carbons (Fsp3) is 0.200. The number of hydrogen-bond acceptors (Lipinski definition) is 4. The molecule has 0 aliphatic rings. The maximum absolute atomic E-state index is 12.4. The normalized spacial score (nSPS) is 10.1. The Bertz CT molecular complexity index is 599. The van der Waals surface area contributed by atoms with E-state index in [2.05, 4.69) is 4.98 Å². The third-order valence-electron chi connectivity index (χ3n) is 2.82. The molecule has 5 heteroatoms. The molecular weight excluding hydrogens is 254 g/mol. The second-order valence-electron chi connectivity index (χ2n) is 4.30. The van der Waals surface area contributed by atoms with Crippen LogP contribution in [-0.2, 0) is 0 Å². The molecule has 20 heavy (non-hydrogen) atoms. The Balaban J connectivity index is 2.29. The molecule has 2 aromatic rings. The zero-order chi connectivity index (χ0) is 14.5. The lowest BCUT2D eigenvalue weighted by Crippen LogP contribution is -2.26. The molecule has 2 N–H and O–H groups in total. The summed E-state index contributed by atoms with van der Waals surface area (Å²) in [4.78, 5) is 18.0. The maximum atomic E-state index is 12.4. The van der Waals surface area contributed by atoms with E-state index in [1.54, 1.807) is 43.7 Å². The predicted molar refractivity (Wildman–Crippen MR) is 79.0 cm³/mol. The Hall–Kier alpha value is -2.56. The first-order valence-corrected chi connectivity index (χ1v) is 6.33. The van der Waals surface area contributed by atoms with Gasteiger partial charge >= 0.3 is 0 Å². The van der Waals surface area contributed by atoms with E-state index < -0.39 is 0 Å². The third-order valence-corrected chi connectivity index (χ3v) is 2.82. The van der Waals surface area contributed by atoms with Gasteiger partial charge in [0.05, 0.1) is 18.5 Å². The first-order valence-electron chi connectivity index (χ1n) is 6.33. The molecule has 0 saturated carbocycles. The van der Waals surface area contributed by atoms with Crippen molar-refractivity contribution in [1.29, 1.82) is 0 Å². The largest absolute Gasteiger partial charge is 0.494 e. The number of carbonyl (C=O) groups is 1. The Morgan fingerprint density at radius 2 is 2.20 bits per heavy atom. The van der Waals surface area contributed by atoms with Crippen LogP contribution >= 0.6 is 0 Å². The molecule has 0 fully saturated rings. The van der Waals surface area contributed by atoms with Crippen molar-refractivity contribution in [3.05, 3.63) is 48.3 Å². The van der Waals surface area contributed by atoms with Crippen molar-refractivity contribution in [2.45, 2.75) is 6.92 Å². The summed E-state index contributed by atoms with van der Waals surface area (Å²) in [6.07, 6.45) is 3.29. The minimum Gasteiger partial charge on any atom is -0.494 e. The number of rotatable bonds is 4. The monoisotopic (exact) mass is 271 g/mol. The van der Waals surface area contributed by atoms with Gasteiger partial charge in [-0.05, 0) is 31.2 Å². The van der Waals surface area contributed by atoms with Gasteiger partial charge in [-0.2, -0.15) is 0 Å². The van der Waals surface area contributed by atoms with E-state index in [9.17, 15) is 4.79 Å². The van der Waals surface area contributed by atoms with Crippen LogP contribution < -0.4 is 15.4 Å². The summed E-state index contributed by atoms with van der Waals surface area (Å²) in [7, 11) is 1.70. The third kappa shape index (κ3) is 3.06. The molecule has 0 aliphatic carbocycles. The Morgan fingerprint density at radius 3 is 2.85 bits per heavy atom. The maximum Gasteiger partial charge on any atom is 0.258 e. The van der Waals surface area contributed by atoms with E-state index in [1.165, 1.54) is 4.90 Å². The number of nitrogen functional groups attached to an aromatic ring is 1. The number of nitrogens with zero attached hydrogens (tertiary/aromatic N) is 2. The second-order valence-corrected chi connectivity index (χ2v) is 4.30. The number of nitrogens with two attached hydrogens (primary N) is 1. The molecule has 0 aliphatic heterocycles. The number of aromatic nitrogens is 1. The van der Waals surface area contributed by atoms with Crippen LogP contribution in [0.1, 0.15) is 17.3 Å². The average Bonchev–Trinajstić information content (AvgIpc) is 2.46. The van der Waals surface area contributed by atoms with Crippen LogP contribution in [0.2, 0.25) is 0 Å². The smallest absolute Gasteiger partial charge is 0.258 e. The van der Waals surface area contributed by atoms with Crippen LogP contribution in [0.3, 0.4) is 0 Å². The van der Waals surface area contributed by atoms with E-state index >= 15 is 0 Å². The quantitative estimate of drug-likeness (QED) is 0.867. The second kappa shape index (κ2) is 6.06. The lowest BCUT2D eigenvalue weighted by Gasteiger charge is -2.17. The van der Waals surface area contributed by atoms with Gasteiger partial charge in [-0.15, -0.1) is 0 Å². The number of anilines is 2. The summed E-state index contributed by atoms with van der Waals surface area (Å²) in [5.41, 5.74) is 7.51. The zero-order valence-electron chi connectivity index (χ0n) is 11.5. The van der Waals surface area contributed by atoms with Crippen molar-refractivity contribution in [3.8, 4) is 5.75 Å². The van der Waals surface area contributed by atoms with Gasteiger partial charge in [0.15, 0.2) is 0 Å². The highest BCUT2D eigenvalue weighted by Gasteiger charge is 2.15. The number of pyridine rings is 1. The fourth-order valence-electron chi connectivity index (χ4n) is 1.86. The summed E-state index contributed by atoms with van der Waals surface area (Å²) in [6, 6.07) is 8.63. The van der Waals surface area contributed by atoms with Gasteiger partial charge in [-0.1, -0.05) is 0 Å². The minimum absolute atomic E-state index is 0.161. The summed E-state index contributed by atoms with van der Waals surface area (Å²) >= 11 is 0. The molecule has 1 aromatic heterocycles. The first-order chi connectivity index (χ1) is 9.61. The average molecular weight is 271 g/mol. The molecule has 104 valence electrons. The van der Waals surface area contributed by atoms with Gasteiger partial charge in [-0.25, -0.2) is 0 Å². The van der Waals surface area contributed by atoms with Crippen molar-refractivity contribution in [1.82, 2.24) is 4.98 Å². The van der Waals surface area contributed by atoms with Crippen LogP contribution in [-0.4, -0.2) is 24.5 Å². The number of amides is 1. The molecular formula is C15H17N3O2. The predicted octanol–water partition coefficient (Wildman–Crippen LogP) is 2.34. The lowest BCUT2D eigenvalue weighted by molar-refractivity contribution is 0.0992. The molecule has 5 nitrogen and oxygen atoms in total. The molecule has 1 aromatic carbocycles. The summed E-state index contributed by atoms with van der Waals surface area (Å²) < 4.78 is 5.40. The lowest BCUT2D eigenvalue weighted by atomic mass is 10.1. The van der Waals surface area contributed by atoms with Crippen molar-refractivity contribution in [3.63, 3.8) is 0 Å². The Morgan fingerprint density at radius 1 is 1.40 bits per heavy atom. The number of carbonyl (C=O) groups excluding carboxylic acids is 1. The molecule has 0 saturated heterocycles. The summed E-state index contributed by atoms with van der Waals surface area (Å²) in [6.45, 7) is 2.40. The molecule has 2 rings (SSSR count). The molecule has 0 atom stereocenters. The zero-order valence-corrected chi connectivity index (χ0v) is 11.5. The van der Waals surface area contributed by atoms with Gasteiger partial charge in [0.25, 0.3) is 5.91 Å². The van der Waals surface area contributed by atoms with Crippen LogP contribution in [0.4, 0.5) is 11.4 Å². The Labute approximate surface area is 118 Å². The summed E-state index contributed by atoms with van der Waals surface area (Å²) in [5.74, 6) is 0.432. The highest BCUT2D eigenvalue weighted by Crippen LogP contribution is 2.21. The van der Waals surface area contributed by atoms with E-state index in [-0.39, 0.29) is 5.91 Å². The van der Waals surface area contributed by atoms with Crippen molar-refractivity contribution >= 4 is 17.3 Å². The van der Waals surface area contributed by atoms with Crippen molar-refractivity contribution in [2.75, 3.05) is 24.3 Å². The molecule has 1 heterocycles. The highest BCUT2D eigenvalue weighted by atomic mass is 16.5. The van der Waals surface area contributed by atoms with Gasteiger partial charge in [0.2, 0.25) is 0 Å². The van der Waals surface area contributed by atoms with Crippen LogP contribution in [0.5, 0.6) is 5.75 Å². The van der Waals surface area contributed by atoms with Gasteiger partial charge in [0, 0.05) is 30.6 Å². The minimum atomic E-state index is -0.161. The van der Waals surface area contributed by atoms with Gasteiger partial charge in [-0.3, -0.25) is 9.78 Å². The summed E-state index contributed by atoms with van der Waals surface area (Å²) in [5, 5.41) is 0. The van der Waals surface area contributed by atoms with E-state index in [1.807, 2.05) is 13.0 Å². The van der Waals surface area contributed by atoms with Crippen molar-refractivity contribution < 1.29 is 9.53 Å². The van der Waals surface area contributed by atoms with Gasteiger partial charge in [0.1, 0.15) is 5.75 Å². The number of hydrogen-bond donors (Lipinski definition) is 1. The standard InChI is InChI=1S/C15H17N3O2/c1-3-20-14-8-11(7-12(16)9-14)15(19)18(2)13-5-4-6-17-10-13/h4-10H,3,16H2,1-2H3. The van der Waals surface area contributed by atoms with E-state index in [0.717, 1.165) is 5.69 Å². The topological polar surface area (TPSA) is 68.5 Å². The van der Waals surface area contributed by atoms with E-state index in [0.29, 0.717) is 23.6 Å². The van der Waals surface area contributed by atoms with Gasteiger partial charge < -0.3 is 15.4 Å². The van der Waals surface area contributed by atoms with Crippen LogP contribution in [0.15, 0.2) is 42.7 Å².